The summed E-state index contributed by atoms with van der Waals surface area (Å²) in [5.41, 5.74) is 5.18. The summed E-state index contributed by atoms with van der Waals surface area (Å²) in [5.74, 6) is -0.216. The first-order valence-corrected chi connectivity index (χ1v) is 8.09. The number of aromatic hydroxyl groups is 1. The molecule has 0 spiro atoms. The number of rotatable bonds is 4. The smallest absolute Gasteiger partial charge is 0.271 e. The second-order valence-electron chi connectivity index (χ2n) is 5.88. The summed E-state index contributed by atoms with van der Waals surface area (Å²) in [7, 11) is 0. The van der Waals surface area contributed by atoms with Crippen molar-refractivity contribution in [3.8, 4) is 5.75 Å². The van der Waals surface area contributed by atoms with E-state index in [0.717, 1.165) is 24.2 Å². The van der Waals surface area contributed by atoms with Crippen molar-refractivity contribution in [2.24, 2.45) is 5.10 Å². The monoisotopic (exact) mass is 337 g/mol. The van der Waals surface area contributed by atoms with E-state index in [0.29, 0.717) is 17.7 Å². The van der Waals surface area contributed by atoms with Crippen LogP contribution in [0, 0.1) is 0 Å². The van der Waals surface area contributed by atoms with E-state index >= 15 is 0 Å². The fourth-order valence-corrected chi connectivity index (χ4v) is 2.71. The summed E-state index contributed by atoms with van der Waals surface area (Å²) in [6.45, 7) is 2.55. The van der Waals surface area contributed by atoms with Gasteiger partial charge in [0.05, 0.1) is 5.71 Å². The molecule has 0 atom stereocenters. The highest BCUT2D eigenvalue weighted by Gasteiger charge is 2.21. The second kappa shape index (κ2) is 7.17. The lowest BCUT2D eigenvalue weighted by molar-refractivity contribution is -0.117. The van der Waals surface area contributed by atoms with Gasteiger partial charge in [0, 0.05) is 24.2 Å². The van der Waals surface area contributed by atoms with Gasteiger partial charge in [0.15, 0.2) is 0 Å². The van der Waals surface area contributed by atoms with Crippen molar-refractivity contribution in [2.45, 2.75) is 19.8 Å². The van der Waals surface area contributed by atoms with E-state index in [9.17, 15) is 14.7 Å². The van der Waals surface area contributed by atoms with E-state index in [1.54, 1.807) is 24.0 Å². The minimum Gasteiger partial charge on any atom is -0.508 e. The molecule has 1 fully saturated rings. The zero-order valence-electron chi connectivity index (χ0n) is 13.9. The first kappa shape index (κ1) is 16.7. The number of carbonyl (C=O) groups excluding carboxylic acids is 2. The van der Waals surface area contributed by atoms with Crippen molar-refractivity contribution in [2.75, 3.05) is 11.4 Å². The largest absolute Gasteiger partial charge is 0.508 e. The van der Waals surface area contributed by atoms with Crippen molar-refractivity contribution < 1.29 is 14.7 Å². The lowest BCUT2D eigenvalue weighted by Crippen LogP contribution is -2.23. The number of carbonyl (C=O) groups is 2. The van der Waals surface area contributed by atoms with Crippen LogP contribution in [0.25, 0.3) is 0 Å². The fraction of sp³-hybridized carbons (Fsp3) is 0.211. The van der Waals surface area contributed by atoms with E-state index < -0.39 is 5.91 Å². The normalized spacial score (nSPS) is 14.7. The molecule has 2 aromatic carbocycles. The molecular formula is C19H19N3O3. The zero-order chi connectivity index (χ0) is 17.8. The predicted octanol–water partition coefficient (Wildman–Crippen LogP) is 2.67. The number of nitrogens with one attached hydrogen (secondary N) is 1. The maximum atomic E-state index is 12.0. The SMILES string of the molecule is C/C(=N/NC(=O)c1cccc(O)c1)c1ccc(N2CCCC2=O)cc1. The molecule has 0 radical (unpaired) electrons. The average Bonchev–Trinajstić information content (AvgIpc) is 3.05. The molecule has 0 saturated carbocycles. The molecule has 6 heteroatoms. The quantitative estimate of drug-likeness (QED) is 0.665. The van der Waals surface area contributed by atoms with Gasteiger partial charge in [0.1, 0.15) is 5.75 Å². The third-order valence-electron chi connectivity index (χ3n) is 4.10. The Kier molecular flexibility index (Phi) is 4.79. The first-order valence-electron chi connectivity index (χ1n) is 8.09. The molecule has 128 valence electrons. The molecule has 1 aliphatic heterocycles. The predicted molar refractivity (Wildman–Crippen MR) is 95.8 cm³/mol. The molecule has 6 nitrogen and oxygen atoms in total. The third-order valence-corrected chi connectivity index (χ3v) is 4.10. The number of amides is 2. The van der Waals surface area contributed by atoms with Crippen LogP contribution in [0.2, 0.25) is 0 Å². The van der Waals surface area contributed by atoms with Gasteiger partial charge >= 0.3 is 0 Å². The molecule has 1 heterocycles. The lowest BCUT2D eigenvalue weighted by atomic mass is 10.1. The number of hydrogen-bond acceptors (Lipinski definition) is 4. The topological polar surface area (TPSA) is 82.0 Å². The number of nitrogens with zero attached hydrogens (tertiary/aromatic N) is 2. The number of phenolic OH excluding ortho intramolecular Hbond substituents is 1. The van der Waals surface area contributed by atoms with Gasteiger partial charge in [0.25, 0.3) is 5.91 Å². The van der Waals surface area contributed by atoms with Gasteiger partial charge in [-0.05, 0) is 49.2 Å². The van der Waals surface area contributed by atoms with Crippen LogP contribution >= 0.6 is 0 Å². The number of hydrogen-bond donors (Lipinski definition) is 2. The Bertz CT molecular complexity index is 828. The van der Waals surface area contributed by atoms with E-state index in [1.807, 2.05) is 24.3 Å². The van der Waals surface area contributed by atoms with Crippen LogP contribution in [0.4, 0.5) is 5.69 Å². The molecule has 3 rings (SSSR count). The van der Waals surface area contributed by atoms with Gasteiger partial charge in [-0.15, -0.1) is 0 Å². The minimum atomic E-state index is -0.394. The van der Waals surface area contributed by atoms with Gasteiger partial charge in [-0.2, -0.15) is 5.10 Å². The van der Waals surface area contributed by atoms with Gasteiger partial charge < -0.3 is 10.0 Å². The Labute approximate surface area is 145 Å². The van der Waals surface area contributed by atoms with Crippen LogP contribution in [0.3, 0.4) is 0 Å². The zero-order valence-corrected chi connectivity index (χ0v) is 13.9. The van der Waals surface area contributed by atoms with Crippen molar-refractivity contribution in [1.82, 2.24) is 5.43 Å². The second-order valence-corrected chi connectivity index (χ2v) is 5.88. The highest BCUT2D eigenvalue weighted by Crippen LogP contribution is 2.21. The summed E-state index contributed by atoms with van der Waals surface area (Å²) in [5, 5.41) is 13.5. The summed E-state index contributed by atoms with van der Waals surface area (Å²) >= 11 is 0. The van der Waals surface area contributed by atoms with E-state index in [-0.39, 0.29) is 11.7 Å². The summed E-state index contributed by atoms with van der Waals surface area (Å²) in [4.78, 5) is 25.6. The van der Waals surface area contributed by atoms with Gasteiger partial charge in [-0.1, -0.05) is 18.2 Å². The molecule has 1 aliphatic rings. The van der Waals surface area contributed by atoms with Crippen molar-refractivity contribution in [3.05, 3.63) is 59.7 Å². The Morgan fingerprint density at radius 1 is 1.16 bits per heavy atom. The van der Waals surface area contributed by atoms with E-state index in [2.05, 4.69) is 10.5 Å². The van der Waals surface area contributed by atoms with Crippen LogP contribution in [0.5, 0.6) is 5.75 Å². The molecule has 0 bridgehead atoms. The maximum Gasteiger partial charge on any atom is 0.271 e. The highest BCUT2D eigenvalue weighted by atomic mass is 16.3. The van der Waals surface area contributed by atoms with Crippen LogP contribution in [0.1, 0.15) is 35.7 Å². The number of benzene rings is 2. The van der Waals surface area contributed by atoms with Crippen LogP contribution in [-0.4, -0.2) is 29.2 Å². The third kappa shape index (κ3) is 3.85. The molecule has 0 aliphatic carbocycles. The van der Waals surface area contributed by atoms with Gasteiger partial charge in [-0.25, -0.2) is 5.43 Å². The number of anilines is 1. The Morgan fingerprint density at radius 2 is 1.92 bits per heavy atom. The average molecular weight is 337 g/mol. The number of phenols is 1. The Hall–Kier alpha value is -3.15. The molecule has 0 aromatic heterocycles. The van der Waals surface area contributed by atoms with Crippen molar-refractivity contribution in [3.63, 3.8) is 0 Å². The minimum absolute atomic E-state index is 0.0281. The molecule has 0 unspecified atom stereocenters. The van der Waals surface area contributed by atoms with Gasteiger partial charge in [0.2, 0.25) is 5.91 Å². The Morgan fingerprint density at radius 3 is 2.56 bits per heavy atom. The standard InChI is InChI=1S/C19H19N3O3/c1-13(20-21-19(25)15-4-2-5-17(23)12-15)14-7-9-16(10-8-14)22-11-3-6-18(22)24/h2,4-5,7-10,12,23H,3,6,11H2,1H3,(H,21,25)/b20-13-. The first-order chi connectivity index (χ1) is 12.0. The van der Waals surface area contributed by atoms with Crippen molar-refractivity contribution in [1.29, 1.82) is 0 Å². The van der Waals surface area contributed by atoms with Crippen LogP contribution in [-0.2, 0) is 4.79 Å². The summed E-state index contributed by atoms with van der Waals surface area (Å²) < 4.78 is 0. The van der Waals surface area contributed by atoms with Gasteiger partial charge in [-0.3, -0.25) is 9.59 Å². The molecule has 2 N–H and O–H groups in total. The Balaban J connectivity index is 1.68. The molecule has 25 heavy (non-hydrogen) atoms. The summed E-state index contributed by atoms with van der Waals surface area (Å²) in [6, 6.07) is 13.6. The summed E-state index contributed by atoms with van der Waals surface area (Å²) in [6.07, 6.45) is 1.49. The fourth-order valence-electron chi connectivity index (χ4n) is 2.71. The van der Waals surface area contributed by atoms with Crippen LogP contribution in [0.15, 0.2) is 53.6 Å². The van der Waals surface area contributed by atoms with Crippen molar-refractivity contribution >= 4 is 23.2 Å². The lowest BCUT2D eigenvalue weighted by Gasteiger charge is -2.15. The highest BCUT2D eigenvalue weighted by molar-refractivity contribution is 6.01. The van der Waals surface area contributed by atoms with E-state index in [4.69, 9.17) is 0 Å². The molecule has 2 aromatic rings. The molecular weight excluding hydrogens is 318 g/mol. The maximum absolute atomic E-state index is 12.0. The molecule has 1 saturated heterocycles. The van der Waals surface area contributed by atoms with E-state index in [1.165, 1.54) is 12.1 Å². The molecule has 2 amide bonds. The van der Waals surface area contributed by atoms with Crippen LogP contribution < -0.4 is 10.3 Å². The number of hydrazone groups is 1.